The van der Waals surface area contributed by atoms with Gasteiger partial charge in [-0.25, -0.2) is 4.79 Å². The zero-order valence-corrected chi connectivity index (χ0v) is 11.5. The number of benzene rings is 1. The van der Waals surface area contributed by atoms with Gasteiger partial charge in [-0.2, -0.15) is 0 Å². The van der Waals surface area contributed by atoms with Gasteiger partial charge in [-0.15, -0.1) is 0 Å². The van der Waals surface area contributed by atoms with Crippen molar-refractivity contribution in [1.82, 2.24) is 4.98 Å². The second-order valence-corrected chi connectivity index (χ2v) is 4.52. The van der Waals surface area contributed by atoms with Gasteiger partial charge in [0.2, 0.25) is 5.76 Å². The highest BCUT2D eigenvalue weighted by atomic mass is 16.5. The van der Waals surface area contributed by atoms with Crippen molar-refractivity contribution in [2.75, 3.05) is 12.4 Å². The standard InChI is InChI=1S/C16H14N2O3/c1-20-16(19)15-12(6-8-21-15)10-18-14-4-2-3-11-9-17-7-5-13(11)14/h2-9,18H,10H2,1H3. The molecule has 1 aromatic carbocycles. The minimum Gasteiger partial charge on any atom is -0.463 e. The molecule has 5 nitrogen and oxygen atoms in total. The number of hydrogen-bond donors (Lipinski definition) is 1. The summed E-state index contributed by atoms with van der Waals surface area (Å²) in [5, 5.41) is 5.45. The Bertz CT molecular complexity index is 775. The van der Waals surface area contributed by atoms with Crippen LogP contribution in [0.5, 0.6) is 0 Å². The van der Waals surface area contributed by atoms with Crippen LogP contribution in [0.15, 0.2) is 53.4 Å². The molecule has 0 saturated heterocycles. The molecule has 0 radical (unpaired) electrons. The Morgan fingerprint density at radius 2 is 2.24 bits per heavy atom. The first-order valence-corrected chi connectivity index (χ1v) is 6.51. The average Bonchev–Trinajstić information content (AvgIpc) is 3.00. The summed E-state index contributed by atoms with van der Waals surface area (Å²) in [5.41, 5.74) is 1.74. The van der Waals surface area contributed by atoms with Gasteiger partial charge in [-0.05, 0) is 18.2 Å². The number of pyridine rings is 1. The lowest BCUT2D eigenvalue weighted by Crippen LogP contribution is -2.07. The summed E-state index contributed by atoms with van der Waals surface area (Å²) in [6.07, 6.45) is 5.06. The number of nitrogens with one attached hydrogen (secondary N) is 1. The molecule has 3 rings (SSSR count). The van der Waals surface area contributed by atoms with Gasteiger partial charge < -0.3 is 14.5 Å². The minimum absolute atomic E-state index is 0.229. The number of esters is 1. The van der Waals surface area contributed by atoms with E-state index < -0.39 is 5.97 Å². The van der Waals surface area contributed by atoms with E-state index in [0.717, 1.165) is 22.0 Å². The van der Waals surface area contributed by atoms with E-state index in [2.05, 4.69) is 15.0 Å². The molecule has 2 aromatic heterocycles. The van der Waals surface area contributed by atoms with Gasteiger partial charge in [0.05, 0.1) is 13.4 Å². The molecule has 0 spiro atoms. The monoisotopic (exact) mass is 282 g/mol. The molecule has 5 heteroatoms. The van der Waals surface area contributed by atoms with Crippen molar-refractivity contribution in [3.8, 4) is 0 Å². The predicted molar refractivity (Wildman–Crippen MR) is 79.1 cm³/mol. The van der Waals surface area contributed by atoms with Crippen LogP contribution < -0.4 is 5.32 Å². The van der Waals surface area contributed by atoms with Crippen molar-refractivity contribution in [3.63, 3.8) is 0 Å². The second-order valence-electron chi connectivity index (χ2n) is 4.52. The fourth-order valence-corrected chi connectivity index (χ4v) is 2.21. The van der Waals surface area contributed by atoms with Crippen LogP contribution in [0.25, 0.3) is 10.8 Å². The maximum absolute atomic E-state index is 11.6. The predicted octanol–water partition coefficient (Wildman–Crippen LogP) is 3.23. The number of hydrogen-bond acceptors (Lipinski definition) is 5. The molecule has 0 aliphatic carbocycles. The Kier molecular flexibility index (Phi) is 3.55. The number of methoxy groups -OCH3 is 1. The van der Waals surface area contributed by atoms with Crippen molar-refractivity contribution in [1.29, 1.82) is 0 Å². The first-order valence-electron chi connectivity index (χ1n) is 6.51. The molecule has 0 aliphatic heterocycles. The summed E-state index contributed by atoms with van der Waals surface area (Å²) in [6, 6.07) is 9.66. The topological polar surface area (TPSA) is 64.4 Å². The maximum atomic E-state index is 11.6. The Balaban J connectivity index is 1.84. The Labute approximate surface area is 121 Å². The van der Waals surface area contributed by atoms with E-state index in [-0.39, 0.29) is 5.76 Å². The van der Waals surface area contributed by atoms with Gasteiger partial charge in [-0.1, -0.05) is 12.1 Å². The highest BCUT2D eigenvalue weighted by Gasteiger charge is 2.15. The van der Waals surface area contributed by atoms with Gasteiger partial charge in [0.25, 0.3) is 0 Å². The molecular formula is C16H14N2O3. The molecule has 0 fully saturated rings. The quantitative estimate of drug-likeness (QED) is 0.744. The summed E-state index contributed by atoms with van der Waals surface area (Å²) < 4.78 is 9.86. The molecule has 2 heterocycles. The number of carbonyl (C=O) groups excluding carboxylic acids is 1. The van der Waals surface area contributed by atoms with E-state index in [1.165, 1.54) is 13.4 Å². The number of fused-ring (bicyclic) bond motifs is 1. The van der Waals surface area contributed by atoms with Crippen molar-refractivity contribution in [2.45, 2.75) is 6.54 Å². The van der Waals surface area contributed by atoms with E-state index in [9.17, 15) is 4.79 Å². The smallest absolute Gasteiger partial charge is 0.374 e. The highest BCUT2D eigenvalue weighted by Crippen LogP contribution is 2.23. The number of rotatable bonds is 4. The Morgan fingerprint density at radius 1 is 1.33 bits per heavy atom. The number of anilines is 1. The van der Waals surface area contributed by atoms with E-state index in [1.807, 2.05) is 30.5 Å². The minimum atomic E-state index is -0.473. The van der Waals surface area contributed by atoms with Crippen molar-refractivity contribution < 1.29 is 13.9 Å². The second kappa shape index (κ2) is 5.66. The van der Waals surface area contributed by atoms with Gasteiger partial charge in [0.15, 0.2) is 0 Å². The third kappa shape index (κ3) is 2.58. The van der Waals surface area contributed by atoms with E-state index in [4.69, 9.17) is 4.42 Å². The zero-order valence-electron chi connectivity index (χ0n) is 11.5. The van der Waals surface area contributed by atoms with E-state index in [0.29, 0.717) is 6.54 Å². The summed E-state index contributed by atoms with van der Waals surface area (Å²) in [7, 11) is 1.33. The molecule has 0 atom stereocenters. The van der Waals surface area contributed by atoms with Crippen molar-refractivity contribution >= 4 is 22.4 Å². The van der Waals surface area contributed by atoms with E-state index in [1.54, 1.807) is 12.3 Å². The number of furan rings is 1. The van der Waals surface area contributed by atoms with Gasteiger partial charge in [0.1, 0.15) is 0 Å². The van der Waals surface area contributed by atoms with Gasteiger partial charge in [-0.3, -0.25) is 4.98 Å². The molecule has 0 amide bonds. The van der Waals surface area contributed by atoms with Crippen molar-refractivity contribution in [3.05, 3.63) is 60.3 Å². The summed E-state index contributed by atoms with van der Waals surface area (Å²) >= 11 is 0. The first-order chi connectivity index (χ1) is 10.3. The van der Waals surface area contributed by atoms with Gasteiger partial charge in [0, 0.05) is 41.0 Å². The molecule has 1 N–H and O–H groups in total. The van der Waals surface area contributed by atoms with Crippen LogP contribution in [0.1, 0.15) is 16.1 Å². The summed E-state index contributed by atoms with van der Waals surface area (Å²) in [6.45, 7) is 0.475. The van der Waals surface area contributed by atoms with Crippen LogP contribution in [0.3, 0.4) is 0 Å². The van der Waals surface area contributed by atoms with Crippen LogP contribution in [-0.2, 0) is 11.3 Å². The molecule has 3 aromatic rings. The van der Waals surface area contributed by atoms with Crippen LogP contribution >= 0.6 is 0 Å². The molecule has 0 saturated carbocycles. The molecule has 106 valence electrons. The van der Waals surface area contributed by atoms with E-state index >= 15 is 0 Å². The number of aromatic nitrogens is 1. The highest BCUT2D eigenvalue weighted by molar-refractivity contribution is 5.93. The van der Waals surface area contributed by atoms with Crippen molar-refractivity contribution in [2.24, 2.45) is 0 Å². The SMILES string of the molecule is COC(=O)c1occc1CNc1cccc2cnccc12. The zero-order chi connectivity index (χ0) is 14.7. The largest absolute Gasteiger partial charge is 0.463 e. The average molecular weight is 282 g/mol. The lowest BCUT2D eigenvalue weighted by molar-refractivity contribution is 0.0563. The van der Waals surface area contributed by atoms with Crippen LogP contribution in [-0.4, -0.2) is 18.1 Å². The van der Waals surface area contributed by atoms with Crippen LogP contribution in [0.4, 0.5) is 5.69 Å². The third-order valence-corrected chi connectivity index (χ3v) is 3.27. The number of nitrogens with zero attached hydrogens (tertiary/aromatic N) is 1. The maximum Gasteiger partial charge on any atom is 0.374 e. The number of carbonyl (C=O) groups is 1. The molecule has 0 unspecified atom stereocenters. The fourth-order valence-electron chi connectivity index (χ4n) is 2.21. The summed E-state index contributed by atoms with van der Waals surface area (Å²) in [5.74, 6) is -0.245. The lowest BCUT2D eigenvalue weighted by atomic mass is 10.1. The van der Waals surface area contributed by atoms with Gasteiger partial charge >= 0.3 is 5.97 Å². The number of ether oxygens (including phenoxy) is 1. The third-order valence-electron chi connectivity index (χ3n) is 3.27. The molecule has 0 bridgehead atoms. The molecular weight excluding hydrogens is 268 g/mol. The fraction of sp³-hybridized carbons (Fsp3) is 0.125. The van der Waals surface area contributed by atoms with Crippen LogP contribution in [0, 0.1) is 0 Å². The first kappa shape index (κ1) is 13.2. The Morgan fingerprint density at radius 3 is 3.10 bits per heavy atom. The Hall–Kier alpha value is -2.82. The van der Waals surface area contributed by atoms with Crippen LogP contribution in [0.2, 0.25) is 0 Å². The normalized spacial score (nSPS) is 10.5. The summed E-state index contributed by atoms with van der Waals surface area (Å²) in [4.78, 5) is 15.7. The molecule has 0 aliphatic rings. The lowest BCUT2D eigenvalue weighted by Gasteiger charge is -2.09. The molecule has 21 heavy (non-hydrogen) atoms.